The third kappa shape index (κ3) is 13.0. The molecule has 0 unspecified atom stereocenters. The van der Waals surface area contributed by atoms with E-state index >= 15 is 0 Å². The maximum Gasteiger partial charge on any atom is 0.174 e. The molecule has 6 nitrogen and oxygen atoms in total. The third-order valence-electron chi connectivity index (χ3n) is 11.5. The number of thioether (sulfide) groups is 2. The van der Waals surface area contributed by atoms with Gasteiger partial charge >= 0.3 is 0 Å². The second-order valence-corrected chi connectivity index (χ2v) is 18.6. The number of aliphatic imine (C=N–C) groups is 2. The van der Waals surface area contributed by atoms with Gasteiger partial charge in [0.1, 0.15) is 0 Å². The smallest absolute Gasteiger partial charge is 0.174 e. The van der Waals surface area contributed by atoms with Gasteiger partial charge in [0.2, 0.25) is 0 Å². The highest BCUT2D eigenvalue weighted by Gasteiger charge is 2.35. The topological polar surface area (TPSA) is 37.7 Å². The van der Waals surface area contributed by atoms with Gasteiger partial charge < -0.3 is 9.80 Å². The van der Waals surface area contributed by atoms with Crippen molar-refractivity contribution >= 4 is 68.0 Å². The molecule has 0 radical (unpaired) electrons. The summed E-state index contributed by atoms with van der Waals surface area (Å²) in [6.45, 7) is 4.32. The molecule has 0 amide bonds. The van der Waals surface area contributed by atoms with E-state index in [0.29, 0.717) is 0 Å². The van der Waals surface area contributed by atoms with Gasteiger partial charge in [-0.05, 0) is 99.5 Å². The Morgan fingerprint density at radius 3 is 1.00 bits per heavy atom. The molecule has 330 valence electrons. The average Bonchev–Trinajstić information content (AvgIpc) is 3.33. The van der Waals surface area contributed by atoms with Gasteiger partial charge in [-0.2, -0.15) is 0 Å². The minimum Gasteiger partial charge on any atom is -0.327 e. The minimum absolute atomic E-state index is 0.902. The molecule has 0 bridgehead atoms. The van der Waals surface area contributed by atoms with Gasteiger partial charge in [-0.15, -0.1) is 0 Å². The molecule has 1 aliphatic heterocycles. The maximum absolute atomic E-state index is 5.61. The Kier molecular flexibility index (Phi) is 17.6. The van der Waals surface area contributed by atoms with Crippen molar-refractivity contribution in [2.24, 2.45) is 9.98 Å². The highest BCUT2D eigenvalue weighted by Crippen LogP contribution is 2.39. The van der Waals surface area contributed by atoms with Crippen LogP contribution < -0.4 is 19.6 Å². The highest BCUT2D eigenvalue weighted by molar-refractivity contribution is 8.14. The van der Waals surface area contributed by atoms with E-state index in [1.807, 2.05) is 23.5 Å². The molecule has 0 atom stereocenters. The van der Waals surface area contributed by atoms with Crippen molar-refractivity contribution in [3.63, 3.8) is 0 Å². The molecule has 64 heavy (non-hydrogen) atoms. The van der Waals surface area contributed by atoms with Gasteiger partial charge in [0.05, 0.1) is 11.4 Å². The van der Waals surface area contributed by atoms with Crippen molar-refractivity contribution in [2.45, 2.75) is 78.1 Å². The van der Waals surface area contributed by atoms with Crippen LogP contribution in [-0.2, 0) is 0 Å². The number of benzene rings is 6. The summed E-state index contributed by atoms with van der Waals surface area (Å²) in [5.41, 5.74) is 8.35. The van der Waals surface area contributed by atoms with Gasteiger partial charge in [-0.1, -0.05) is 183 Å². The molecule has 1 aliphatic rings. The van der Waals surface area contributed by atoms with Crippen LogP contribution in [0.3, 0.4) is 0 Å². The molecular formula is C56H64N6S2. The Morgan fingerprint density at radius 1 is 0.375 bits per heavy atom. The molecule has 0 spiro atoms. The van der Waals surface area contributed by atoms with E-state index < -0.39 is 0 Å². The maximum atomic E-state index is 5.61. The first kappa shape index (κ1) is 46.3. The van der Waals surface area contributed by atoms with Crippen LogP contribution in [0.4, 0.5) is 34.1 Å². The van der Waals surface area contributed by atoms with E-state index in [4.69, 9.17) is 9.98 Å². The Bertz CT molecular complexity index is 2220. The first-order valence-electron chi connectivity index (χ1n) is 23.0. The number of hydrogen-bond acceptors (Lipinski definition) is 6. The average molecular weight is 885 g/mol. The van der Waals surface area contributed by atoms with E-state index in [1.165, 1.54) is 62.5 Å². The lowest BCUT2D eigenvalue weighted by Gasteiger charge is -2.42. The van der Waals surface area contributed by atoms with E-state index in [1.54, 1.807) is 0 Å². The second kappa shape index (κ2) is 24.4. The van der Waals surface area contributed by atoms with Crippen molar-refractivity contribution in [3.8, 4) is 0 Å². The molecule has 8 heteroatoms. The van der Waals surface area contributed by atoms with E-state index in [9.17, 15) is 0 Å². The SMILES string of the molecule is Cc1ccc(N2C(=Nc3ccccc3)SCCCCCCCCCCCCSC(=Nc3ccccc3)N(c3ccc(C)cc3)/C(N(C)c3ccccc3)=C\2N(C)c2ccccc2)cc1. The van der Waals surface area contributed by atoms with Crippen molar-refractivity contribution < 1.29 is 0 Å². The van der Waals surface area contributed by atoms with E-state index in [0.717, 1.165) is 80.4 Å². The quantitative estimate of drug-likeness (QED) is 0.152. The van der Waals surface area contributed by atoms with Crippen LogP contribution in [0, 0.1) is 13.8 Å². The van der Waals surface area contributed by atoms with Crippen LogP contribution in [0.25, 0.3) is 0 Å². The Labute approximate surface area is 391 Å². The number of para-hydroxylation sites is 4. The normalized spacial score (nSPS) is 17.9. The largest absolute Gasteiger partial charge is 0.327 e. The van der Waals surface area contributed by atoms with Crippen molar-refractivity contribution in [1.82, 2.24) is 0 Å². The van der Waals surface area contributed by atoms with E-state index in [-0.39, 0.29) is 0 Å². The van der Waals surface area contributed by atoms with Crippen molar-refractivity contribution in [2.75, 3.05) is 45.2 Å². The molecule has 0 saturated heterocycles. The zero-order valence-electron chi connectivity index (χ0n) is 38.2. The summed E-state index contributed by atoms with van der Waals surface area (Å²) in [4.78, 5) is 20.7. The zero-order valence-corrected chi connectivity index (χ0v) is 39.8. The van der Waals surface area contributed by atoms with Crippen LogP contribution in [0.1, 0.15) is 75.3 Å². The molecule has 0 N–H and O–H groups in total. The van der Waals surface area contributed by atoms with E-state index in [2.05, 4.69) is 217 Å². The number of anilines is 4. The molecular weight excluding hydrogens is 821 g/mol. The first-order chi connectivity index (χ1) is 31.5. The molecule has 6 aromatic rings. The summed E-state index contributed by atoms with van der Waals surface area (Å²) in [5, 5.41) is 1.80. The minimum atomic E-state index is 0.902. The van der Waals surface area contributed by atoms with Crippen molar-refractivity contribution in [1.29, 1.82) is 0 Å². The number of rotatable bonds is 8. The Hall–Kier alpha value is -5.70. The fraction of sp³-hybridized carbons (Fsp3) is 0.286. The van der Waals surface area contributed by atoms with Gasteiger partial charge in [0, 0.05) is 48.4 Å². The van der Waals surface area contributed by atoms with Crippen molar-refractivity contribution in [3.05, 3.63) is 193 Å². The summed E-state index contributed by atoms with van der Waals surface area (Å²) in [6.07, 6.45) is 12.4. The standard InChI is InChI=1S/C56H64N6S2/c1-45-35-39-51(40-36-45)61-53(59(3)49-31-21-15-22-32-49)54(60(4)50-33-23-16-24-34-50)62(52-41-37-46(2)38-42-52)56(58-48-29-19-14-20-30-48)64-44-26-12-10-8-6-5-7-9-11-25-43-63-55(61)57-47-27-17-13-18-28-47/h13-24,27-42H,5-12,25-26,43-44H2,1-4H3/b54-53-,57-55?,58-56?. The van der Waals surface area contributed by atoms with Crippen LogP contribution in [-0.4, -0.2) is 35.9 Å². The Balaban J connectivity index is 1.62. The predicted molar refractivity (Wildman–Crippen MR) is 282 cm³/mol. The van der Waals surface area contributed by atoms with Crippen LogP contribution in [0.5, 0.6) is 0 Å². The fourth-order valence-corrected chi connectivity index (χ4v) is 9.89. The molecule has 1 heterocycles. The number of hydrogen-bond donors (Lipinski definition) is 0. The lowest BCUT2D eigenvalue weighted by molar-refractivity contribution is 0.564. The summed E-state index contributed by atoms with van der Waals surface area (Å²) < 4.78 is 0. The first-order valence-corrected chi connectivity index (χ1v) is 25.0. The number of aryl methyl sites for hydroxylation is 2. The van der Waals surface area contributed by atoms with Crippen LogP contribution in [0.2, 0.25) is 0 Å². The van der Waals surface area contributed by atoms with Crippen LogP contribution in [0.15, 0.2) is 191 Å². The Morgan fingerprint density at radius 2 is 0.672 bits per heavy atom. The highest BCUT2D eigenvalue weighted by atomic mass is 32.2. The molecule has 0 aliphatic carbocycles. The van der Waals surface area contributed by atoms with Gasteiger partial charge in [0.15, 0.2) is 22.0 Å². The molecule has 0 fully saturated rings. The monoisotopic (exact) mass is 884 g/mol. The fourth-order valence-electron chi connectivity index (χ4n) is 7.85. The summed E-state index contributed by atoms with van der Waals surface area (Å²) in [5.74, 6) is 3.75. The number of amidine groups is 2. The molecule has 7 rings (SSSR count). The second-order valence-electron chi connectivity index (χ2n) is 16.5. The predicted octanol–water partition coefficient (Wildman–Crippen LogP) is 15.8. The molecule has 0 aromatic heterocycles. The lowest BCUT2D eigenvalue weighted by Crippen LogP contribution is -2.46. The summed E-state index contributed by atoms with van der Waals surface area (Å²) in [7, 11) is 4.39. The zero-order chi connectivity index (χ0) is 44.4. The van der Waals surface area contributed by atoms with Crippen LogP contribution >= 0.6 is 23.5 Å². The summed E-state index contributed by atoms with van der Waals surface area (Å²) >= 11 is 3.69. The third-order valence-corrected chi connectivity index (χ3v) is 13.5. The summed E-state index contributed by atoms with van der Waals surface area (Å²) in [6, 6.07) is 60.2. The van der Waals surface area contributed by atoms with Gasteiger partial charge in [-0.3, -0.25) is 9.80 Å². The van der Waals surface area contributed by atoms with Gasteiger partial charge in [0.25, 0.3) is 0 Å². The molecule has 6 aromatic carbocycles. The lowest BCUT2D eigenvalue weighted by atomic mass is 10.1. The number of nitrogens with zero attached hydrogens (tertiary/aromatic N) is 6. The van der Waals surface area contributed by atoms with Gasteiger partial charge in [-0.25, -0.2) is 9.98 Å². The molecule has 0 saturated carbocycles.